The third kappa shape index (κ3) is 1.58. The van der Waals surface area contributed by atoms with Crippen LogP contribution in [0.5, 0.6) is 0 Å². The van der Waals surface area contributed by atoms with E-state index >= 15 is 0 Å². The molecule has 0 aromatic heterocycles. The van der Waals surface area contributed by atoms with Crippen LogP contribution in [0.25, 0.3) is 0 Å². The van der Waals surface area contributed by atoms with E-state index in [2.05, 4.69) is 21.0 Å². The lowest BCUT2D eigenvalue weighted by atomic mass is 9.70. The van der Waals surface area contributed by atoms with Crippen molar-refractivity contribution in [2.75, 3.05) is 27.3 Å². The molecule has 82 valence electrons. The number of quaternary nitrogens is 1. The highest BCUT2D eigenvalue weighted by molar-refractivity contribution is 4.92. The average Bonchev–Trinajstić information content (AvgIpc) is 2.58. The fourth-order valence-electron chi connectivity index (χ4n) is 3.10. The monoisotopic (exact) mass is 200 g/mol. The van der Waals surface area contributed by atoms with E-state index in [0.29, 0.717) is 23.8 Å². The first-order chi connectivity index (χ1) is 6.61. The first-order valence-electron chi connectivity index (χ1n) is 5.67. The first kappa shape index (κ1) is 10.4. The van der Waals surface area contributed by atoms with E-state index in [1.54, 1.807) is 0 Å². The zero-order valence-corrected chi connectivity index (χ0v) is 9.36. The fourth-order valence-corrected chi connectivity index (χ4v) is 3.10. The second-order valence-corrected chi connectivity index (χ2v) is 5.23. The summed E-state index contributed by atoms with van der Waals surface area (Å²) in [5, 5.41) is 10.2. The predicted octanol–water partition coefficient (Wildman–Crippen LogP) is -0.837. The van der Waals surface area contributed by atoms with Crippen LogP contribution < -0.4 is 4.90 Å². The number of aliphatic hydroxyl groups excluding tert-OH is 1. The third-order valence-electron chi connectivity index (χ3n) is 4.17. The second kappa shape index (κ2) is 3.80. The van der Waals surface area contributed by atoms with Gasteiger partial charge in [-0.1, -0.05) is 6.92 Å². The Labute approximate surface area is 86.0 Å². The van der Waals surface area contributed by atoms with Gasteiger partial charge in [-0.25, -0.2) is 0 Å². The molecule has 0 bridgehead atoms. The van der Waals surface area contributed by atoms with Crippen LogP contribution in [-0.2, 0) is 4.74 Å². The number of aliphatic hydroxyl groups is 1. The molecule has 0 unspecified atom stereocenters. The minimum absolute atomic E-state index is 0.150. The Kier molecular flexibility index (Phi) is 2.82. The Morgan fingerprint density at radius 2 is 2.00 bits per heavy atom. The Bertz CT molecular complexity index is 205. The van der Waals surface area contributed by atoms with E-state index in [1.165, 1.54) is 4.90 Å². The van der Waals surface area contributed by atoms with Gasteiger partial charge >= 0.3 is 0 Å². The summed E-state index contributed by atoms with van der Waals surface area (Å²) in [7, 11) is 4.27. The van der Waals surface area contributed by atoms with Crippen LogP contribution in [-0.4, -0.2) is 44.6 Å². The maximum Gasteiger partial charge on any atom is 0.114 e. The molecule has 14 heavy (non-hydrogen) atoms. The van der Waals surface area contributed by atoms with Crippen molar-refractivity contribution in [2.24, 2.45) is 17.8 Å². The van der Waals surface area contributed by atoms with Crippen LogP contribution in [0.15, 0.2) is 0 Å². The van der Waals surface area contributed by atoms with Crippen molar-refractivity contribution in [3.63, 3.8) is 0 Å². The molecule has 2 aliphatic rings. The van der Waals surface area contributed by atoms with Gasteiger partial charge in [0, 0.05) is 13.0 Å². The van der Waals surface area contributed by atoms with Gasteiger partial charge in [0.15, 0.2) is 0 Å². The molecule has 2 rings (SSSR count). The molecule has 1 heterocycles. The van der Waals surface area contributed by atoms with Crippen molar-refractivity contribution in [2.45, 2.75) is 25.5 Å². The molecule has 0 aromatic carbocycles. The van der Waals surface area contributed by atoms with E-state index in [0.717, 1.165) is 19.6 Å². The van der Waals surface area contributed by atoms with Crippen molar-refractivity contribution in [3.05, 3.63) is 0 Å². The molecule has 3 heteroatoms. The summed E-state index contributed by atoms with van der Waals surface area (Å²) in [6, 6.07) is 0.396. The molecule has 3 nitrogen and oxygen atoms in total. The van der Waals surface area contributed by atoms with Crippen LogP contribution in [0.4, 0.5) is 0 Å². The summed E-state index contributed by atoms with van der Waals surface area (Å²) < 4.78 is 5.52. The molecular weight excluding hydrogens is 178 g/mol. The maximum atomic E-state index is 10.2. The Balaban J connectivity index is 2.11. The summed E-state index contributed by atoms with van der Waals surface area (Å²) >= 11 is 0. The number of hydrogen-bond donors (Lipinski definition) is 2. The molecule has 1 aliphatic carbocycles. The van der Waals surface area contributed by atoms with Crippen molar-refractivity contribution in [3.8, 4) is 0 Å². The van der Waals surface area contributed by atoms with Gasteiger partial charge in [0.2, 0.25) is 0 Å². The highest BCUT2D eigenvalue weighted by Crippen LogP contribution is 2.38. The lowest BCUT2D eigenvalue weighted by Crippen LogP contribution is -3.12. The normalized spacial score (nSPS) is 48.2. The summed E-state index contributed by atoms with van der Waals surface area (Å²) in [6.45, 7) is 3.94. The number of fused-ring (bicyclic) bond motifs is 1. The Morgan fingerprint density at radius 3 is 2.64 bits per heavy atom. The zero-order chi connectivity index (χ0) is 10.3. The predicted molar refractivity (Wildman–Crippen MR) is 54.2 cm³/mol. The quantitative estimate of drug-likeness (QED) is 0.579. The van der Waals surface area contributed by atoms with Gasteiger partial charge < -0.3 is 14.7 Å². The van der Waals surface area contributed by atoms with Crippen molar-refractivity contribution < 1.29 is 14.7 Å². The summed E-state index contributed by atoms with van der Waals surface area (Å²) in [4.78, 5) is 1.37. The van der Waals surface area contributed by atoms with Gasteiger partial charge in [0.1, 0.15) is 12.1 Å². The molecule has 1 saturated heterocycles. The lowest BCUT2D eigenvalue weighted by molar-refractivity contribution is -0.892. The molecule has 0 amide bonds. The van der Waals surface area contributed by atoms with Crippen LogP contribution >= 0.6 is 0 Å². The average molecular weight is 200 g/mol. The van der Waals surface area contributed by atoms with Gasteiger partial charge in [-0.05, 0) is 17.8 Å². The first-order valence-corrected chi connectivity index (χ1v) is 5.67. The van der Waals surface area contributed by atoms with Crippen LogP contribution in [0.2, 0.25) is 0 Å². The second-order valence-electron chi connectivity index (χ2n) is 5.23. The molecule has 1 saturated carbocycles. The zero-order valence-electron chi connectivity index (χ0n) is 9.36. The Morgan fingerprint density at radius 1 is 1.29 bits per heavy atom. The standard InChI is InChI=1S/C11H21NO2/c1-7-9-6-14-5-8(9)4-10(11(7)13)12(2)3/h7-11,13H,4-6H2,1-3H3/p+1/t7-,8+,9+,10+,11-/m1/s1. The minimum Gasteiger partial charge on any atom is -0.387 e. The van der Waals surface area contributed by atoms with Gasteiger partial charge in [-0.2, -0.15) is 0 Å². The fraction of sp³-hybridized carbons (Fsp3) is 1.00. The van der Waals surface area contributed by atoms with Gasteiger partial charge in [-0.15, -0.1) is 0 Å². The lowest BCUT2D eigenvalue weighted by Gasteiger charge is -2.40. The van der Waals surface area contributed by atoms with E-state index < -0.39 is 0 Å². The van der Waals surface area contributed by atoms with E-state index in [1.807, 2.05) is 0 Å². The van der Waals surface area contributed by atoms with Crippen LogP contribution in [0.3, 0.4) is 0 Å². The largest absolute Gasteiger partial charge is 0.387 e. The highest BCUT2D eigenvalue weighted by atomic mass is 16.5. The SMILES string of the molecule is C[C@H]1[C@@H](O)[C@@H]([NH+](C)C)C[C@H]2COC[C@H]21. The molecule has 2 fully saturated rings. The highest BCUT2D eigenvalue weighted by Gasteiger charge is 2.46. The molecule has 0 radical (unpaired) electrons. The Hall–Kier alpha value is -0.120. The number of nitrogens with one attached hydrogen (secondary N) is 1. The number of rotatable bonds is 1. The van der Waals surface area contributed by atoms with Crippen molar-refractivity contribution >= 4 is 0 Å². The summed E-state index contributed by atoms with van der Waals surface area (Å²) in [5.74, 6) is 1.69. The molecule has 0 aromatic rings. The van der Waals surface area contributed by atoms with E-state index in [-0.39, 0.29) is 6.10 Å². The van der Waals surface area contributed by atoms with Gasteiger partial charge in [0.25, 0.3) is 0 Å². The van der Waals surface area contributed by atoms with Crippen molar-refractivity contribution in [1.82, 2.24) is 0 Å². The number of ether oxygens (including phenoxy) is 1. The number of likely N-dealkylation sites (N-methyl/N-ethyl adjacent to an activating group) is 1. The smallest absolute Gasteiger partial charge is 0.114 e. The summed E-state index contributed by atoms with van der Waals surface area (Å²) in [6.07, 6.45) is 0.973. The number of hydrogen-bond acceptors (Lipinski definition) is 2. The van der Waals surface area contributed by atoms with Crippen molar-refractivity contribution in [1.29, 1.82) is 0 Å². The maximum absolute atomic E-state index is 10.2. The van der Waals surface area contributed by atoms with E-state index in [9.17, 15) is 5.11 Å². The minimum atomic E-state index is -0.150. The topological polar surface area (TPSA) is 33.9 Å². The molecule has 2 N–H and O–H groups in total. The van der Waals surface area contributed by atoms with E-state index in [4.69, 9.17) is 4.74 Å². The molecule has 0 spiro atoms. The van der Waals surface area contributed by atoms with Crippen LogP contribution in [0.1, 0.15) is 13.3 Å². The molecule has 1 aliphatic heterocycles. The molecular formula is C11H22NO2+. The van der Waals surface area contributed by atoms with Gasteiger partial charge in [-0.3, -0.25) is 0 Å². The molecule has 5 atom stereocenters. The third-order valence-corrected chi connectivity index (χ3v) is 4.17. The summed E-state index contributed by atoms with van der Waals surface area (Å²) in [5.41, 5.74) is 0. The van der Waals surface area contributed by atoms with Gasteiger partial charge in [0.05, 0.1) is 20.7 Å². The van der Waals surface area contributed by atoms with Crippen LogP contribution in [0, 0.1) is 17.8 Å².